The van der Waals surface area contributed by atoms with Gasteiger partial charge in [0.05, 0.1) is 12.5 Å². The summed E-state index contributed by atoms with van der Waals surface area (Å²) in [4.78, 5) is 25.4. The monoisotopic (exact) mass is 270 g/mol. The molecule has 0 atom stereocenters. The zero-order valence-corrected chi connectivity index (χ0v) is 12.3. The molecule has 1 rings (SSSR count). The van der Waals surface area contributed by atoms with E-state index in [2.05, 4.69) is 0 Å². The molecule has 0 saturated carbocycles. The third-order valence-electron chi connectivity index (χ3n) is 3.45. The summed E-state index contributed by atoms with van der Waals surface area (Å²) >= 11 is 0. The molecule has 0 radical (unpaired) electrons. The van der Waals surface area contributed by atoms with Crippen LogP contribution in [0.3, 0.4) is 0 Å². The van der Waals surface area contributed by atoms with Gasteiger partial charge in [-0.15, -0.1) is 0 Å². The lowest BCUT2D eigenvalue weighted by molar-refractivity contribution is -0.151. The van der Waals surface area contributed by atoms with E-state index in [1.54, 1.807) is 0 Å². The fraction of sp³-hybridized carbons (Fsp3) is 0.857. The summed E-state index contributed by atoms with van der Waals surface area (Å²) in [6.45, 7) is 7.37. The first-order valence-corrected chi connectivity index (χ1v) is 7.07. The number of piperidine rings is 1. The van der Waals surface area contributed by atoms with Gasteiger partial charge in [-0.25, -0.2) is 0 Å². The number of carbonyl (C=O) groups is 2. The van der Waals surface area contributed by atoms with Crippen LogP contribution in [-0.2, 0) is 14.3 Å². The van der Waals surface area contributed by atoms with Gasteiger partial charge in [0.1, 0.15) is 0 Å². The zero-order valence-electron chi connectivity index (χ0n) is 12.3. The number of esters is 1. The molecule has 2 N–H and O–H groups in total. The van der Waals surface area contributed by atoms with Crippen LogP contribution in [0.4, 0.5) is 0 Å². The minimum absolute atomic E-state index is 0.0463. The summed E-state index contributed by atoms with van der Waals surface area (Å²) in [6.07, 6.45) is 2.57. The zero-order chi connectivity index (χ0) is 14.5. The fourth-order valence-corrected chi connectivity index (χ4v) is 2.21. The van der Waals surface area contributed by atoms with E-state index in [9.17, 15) is 9.59 Å². The Labute approximate surface area is 115 Å². The molecule has 5 nitrogen and oxygen atoms in total. The van der Waals surface area contributed by atoms with Gasteiger partial charge < -0.3 is 15.4 Å². The normalized spacial score (nSPS) is 17.4. The number of amides is 1. The first-order valence-electron chi connectivity index (χ1n) is 7.07. The van der Waals surface area contributed by atoms with Crippen LogP contribution < -0.4 is 5.73 Å². The summed E-state index contributed by atoms with van der Waals surface area (Å²) in [5, 5.41) is 0. The molecule has 0 unspecified atom stereocenters. The smallest absolute Gasteiger partial charge is 0.309 e. The van der Waals surface area contributed by atoms with E-state index in [1.807, 2.05) is 25.7 Å². The summed E-state index contributed by atoms with van der Waals surface area (Å²) < 4.78 is 5.01. The maximum absolute atomic E-state index is 12.0. The van der Waals surface area contributed by atoms with Crippen molar-refractivity contribution in [2.75, 3.05) is 19.7 Å². The first kappa shape index (κ1) is 16.0. The maximum atomic E-state index is 12.0. The van der Waals surface area contributed by atoms with Crippen molar-refractivity contribution in [3.63, 3.8) is 0 Å². The molecule has 1 aliphatic heterocycles. The van der Waals surface area contributed by atoms with Crippen LogP contribution in [0.15, 0.2) is 0 Å². The van der Waals surface area contributed by atoms with E-state index < -0.39 is 0 Å². The highest BCUT2D eigenvalue weighted by atomic mass is 16.5. The van der Waals surface area contributed by atoms with Gasteiger partial charge in [0.2, 0.25) is 5.91 Å². The fourth-order valence-electron chi connectivity index (χ4n) is 2.21. The standard InChI is InChI=1S/C14H26N2O3/c1-4-19-13(18)11-6-9-16(10-7-11)12(17)5-8-14(2,3)15/h11H,4-10,15H2,1-3H3. The molecule has 1 fully saturated rings. The third-order valence-corrected chi connectivity index (χ3v) is 3.45. The van der Waals surface area contributed by atoms with E-state index >= 15 is 0 Å². The lowest BCUT2D eigenvalue weighted by Gasteiger charge is -2.31. The van der Waals surface area contributed by atoms with E-state index in [1.165, 1.54) is 0 Å². The Kier molecular flexibility index (Phi) is 5.79. The molecule has 0 aromatic heterocycles. The van der Waals surface area contributed by atoms with Gasteiger partial charge in [-0.2, -0.15) is 0 Å². The molecule has 19 heavy (non-hydrogen) atoms. The van der Waals surface area contributed by atoms with Crippen LogP contribution in [0.5, 0.6) is 0 Å². The Hall–Kier alpha value is -1.10. The average molecular weight is 270 g/mol. The largest absolute Gasteiger partial charge is 0.466 e. The predicted octanol–water partition coefficient (Wildman–Crippen LogP) is 1.31. The Morgan fingerprint density at radius 3 is 2.37 bits per heavy atom. The number of hydrogen-bond acceptors (Lipinski definition) is 4. The molecule has 1 heterocycles. The molecule has 1 saturated heterocycles. The first-order chi connectivity index (χ1) is 8.83. The van der Waals surface area contributed by atoms with Crippen LogP contribution in [0.2, 0.25) is 0 Å². The van der Waals surface area contributed by atoms with Crippen molar-refractivity contribution >= 4 is 11.9 Å². The molecule has 110 valence electrons. The van der Waals surface area contributed by atoms with Crippen molar-refractivity contribution in [2.45, 2.75) is 52.0 Å². The van der Waals surface area contributed by atoms with Crippen molar-refractivity contribution < 1.29 is 14.3 Å². The van der Waals surface area contributed by atoms with Crippen molar-refractivity contribution in [1.29, 1.82) is 0 Å². The predicted molar refractivity (Wildman–Crippen MR) is 73.4 cm³/mol. The van der Waals surface area contributed by atoms with Gasteiger partial charge in [0, 0.05) is 25.0 Å². The van der Waals surface area contributed by atoms with Crippen molar-refractivity contribution in [3.8, 4) is 0 Å². The van der Waals surface area contributed by atoms with Crippen molar-refractivity contribution in [1.82, 2.24) is 4.90 Å². The Morgan fingerprint density at radius 1 is 1.32 bits per heavy atom. The third kappa shape index (κ3) is 5.59. The second kappa shape index (κ2) is 6.89. The molecule has 0 aliphatic carbocycles. The van der Waals surface area contributed by atoms with Gasteiger partial charge >= 0.3 is 5.97 Å². The van der Waals surface area contributed by atoms with Crippen LogP contribution in [0.25, 0.3) is 0 Å². The number of likely N-dealkylation sites (tertiary alicyclic amines) is 1. The number of nitrogens with zero attached hydrogens (tertiary/aromatic N) is 1. The van der Waals surface area contributed by atoms with Gasteiger partial charge in [0.25, 0.3) is 0 Å². The summed E-state index contributed by atoms with van der Waals surface area (Å²) in [5.41, 5.74) is 5.57. The molecule has 1 aliphatic rings. The van der Waals surface area contributed by atoms with Crippen molar-refractivity contribution in [3.05, 3.63) is 0 Å². The Balaban J connectivity index is 2.33. The average Bonchev–Trinajstić information content (AvgIpc) is 2.35. The SMILES string of the molecule is CCOC(=O)C1CCN(C(=O)CCC(C)(C)N)CC1. The van der Waals surface area contributed by atoms with Crippen LogP contribution in [-0.4, -0.2) is 42.0 Å². The number of ether oxygens (including phenoxy) is 1. The highest BCUT2D eigenvalue weighted by molar-refractivity contribution is 5.77. The quantitative estimate of drug-likeness (QED) is 0.764. The Morgan fingerprint density at radius 2 is 1.89 bits per heavy atom. The minimum atomic E-state index is -0.307. The maximum Gasteiger partial charge on any atom is 0.309 e. The molecule has 1 amide bonds. The molecular weight excluding hydrogens is 244 g/mol. The molecule has 5 heteroatoms. The number of rotatable bonds is 5. The molecule has 0 spiro atoms. The second-order valence-electron chi connectivity index (χ2n) is 5.90. The molecule has 0 aromatic rings. The number of hydrogen-bond donors (Lipinski definition) is 1. The van der Waals surface area contributed by atoms with E-state index in [0.29, 0.717) is 45.4 Å². The van der Waals surface area contributed by atoms with E-state index in [0.717, 1.165) is 0 Å². The number of nitrogens with two attached hydrogens (primary N) is 1. The highest BCUT2D eigenvalue weighted by Gasteiger charge is 2.28. The number of carbonyl (C=O) groups excluding carboxylic acids is 2. The molecule has 0 bridgehead atoms. The van der Waals surface area contributed by atoms with Gasteiger partial charge in [-0.05, 0) is 40.0 Å². The molecular formula is C14H26N2O3. The van der Waals surface area contributed by atoms with E-state index in [-0.39, 0.29) is 23.3 Å². The highest BCUT2D eigenvalue weighted by Crippen LogP contribution is 2.20. The lowest BCUT2D eigenvalue weighted by atomic mass is 9.95. The van der Waals surface area contributed by atoms with Crippen LogP contribution in [0, 0.1) is 5.92 Å². The van der Waals surface area contributed by atoms with Crippen LogP contribution >= 0.6 is 0 Å². The summed E-state index contributed by atoms with van der Waals surface area (Å²) in [5.74, 6) is -0.0338. The summed E-state index contributed by atoms with van der Waals surface area (Å²) in [7, 11) is 0. The second-order valence-corrected chi connectivity index (χ2v) is 5.90. The van der Waals surface area contributed by atoms with Gasteiger partial charge in [0.15, 0.2) is 0 Å². The van der Waals surface area contributed by atoms with Gasteiger partial charge in [-0.3, -0.25) is 9.59 Å². The van der Waals surface area contributed by atoms with E-state index in [4.69, 9.17) is 10.5 Å². The minimum Gasteiger partial charge on any atom is -0.466 e. The topological polar surface area (TPSA) is 72.6 Å². The Bertz CT molecular complexity index is 315. The lowest BCUT2D eigenvalue weighted by Crippen LogP contribution is -2.42. The summed E-state index contributed by atoms with van der Waals surface area (Å²) in [6, 6.07) is 0. The van der Waals surface area contributed by atoms with Crippen molar-refractivity contribution in [2.24, 2.45) is 11.7 Å². The van der Waals surface area contributed by atoms with Gasteiger partial charge in [-0.1, -0.05) is 0 Å². The molecule has 0 aromatic carbocycles. The van der Waals surface area contributed by atoms with Crippen LogP contribution in [0.1, 0.15) is 46.5 Å².